The number of hydrogen-bond acceptors (Lipinski definition) is 6. The van der Waals surface area contributed by atoms with Crippen LogP contribution < -0.4 is 5.32 Å². The highest BCUT2D eigenvalue weighted by Gasteiger charge is 2.44. The normalized spacial score (nSPS) is 21.3. The molecule has 7 nitrogen and oxygen atoms in total. The third-order valence-electron chi connectivity index (χ3n) is 6.16. The molecular formula is C25H45N3O4S. The summed E-state index contributed by atoms with van der Waals surface area (Å²) < 4.78 is 4.85. The van der Waals surface area contributed by atoms with Gasteiger partial charge in [0, 0.05) is 29.7 Å². The number of esters is 1. The zero-order valence-corrected chi connectivity index (χ0v) is 23.3. The van der Waals surface area contributed by atoms with E-state index in [0.29, 0.717) is 12.2 Å². The maximum absolute atomic E-state index is 13.7. The number of carbonyl (C=O) groups excluding carboxylic acids is 3. The summed E-state index contributed by atoms with van der Waals surface area (Å²) in [4.78, 5) is 43.0. The lowest BCUT2D eigenvalue weighted by atomic mass is 9.84. The average molecular weight is 484 g/mol. The van der Waals surface area contributed by atoms with E-state index >= 15 is 0 Å². The van der Waals surface area contributed by atoms with Crippen molar-refractivity contribution < 1.29 is 19.1 Å². The van der Waals surface area contributed by atoms with Gasteiger partial charge in [0.2, 0.25) is 11.8 Å². The van der Waals surface area contributed by atoms with Gasteiger partial charge in [0.05, 0.1) is 12.6 Å². The van der Waals surface area contributed by atoms with E-state index in [0.717, 1.165) is 12.3 Å². The first kappa shape index (κ1) is 29.5. The van der Waals surface area contributed by atoms with E-state index in [-0.39, 0.29) is 40.5 Å². The molecule has 2 unspecified atom stereocenters. The Kier molecular flexibility index (Phi) is 10.5. The Bertz CT molecular complexity index is 742. The first-order valence-electron chi connectivity index (χ1n) is 11.8. The second-order valence-electron chi connectivity index (χ2n) is 10.9. The fourth-order valence-electron chi connectivity index (χ4n) is 4.25. The molecule has 2 amide bonds. The Morgan fingerprint density at radius 2 is 1.85 bits per heavy atom. The van der Waals surface area contributed by atoms with Gasteiger partial charge >= 0.3 is 5.97 Å². The molecular weight excluding hydrogens is 438 g/mol. The van der Waals surface area contributed by atoms with Crippen molar-refractivity contribution >= 4 is 29.5 Å². The highest BCUT2D eigenvalue weighted by molar-refractivity contribution is 8.00. The van der Waals surface area contributed by atoms with Crippen LogP contribution in [0.15, 0.2) is 11.6 Å². The highest BCUT2D eigenvalue weighted by atomic mass is 32.2. The molecule has 0 saturated carbocycles. The Hall–Kier alpha value is -1.54. The summed E-state index contributed by atoms with van der Waals surface area (Å²) >= 11 is 1.78. The molecule has 1 aliphatic rings. The van der Waals surface area contributed by atoms with E-state index in [2.05, 4.69) is 24.1 Å². The van der Waals surface area contributed by atoms with Gasteiger partial charge in [-0.25, -0.2) is 4.79 Å². The molecule has 1 saturated heterocycles. The maximum Gasteiger partial charge on any atom is 0.333 e. The summed E-state index contributed by atoms with van der Waals surface area (Å²) in [5, 5.41) is 3.09. The van der Waals surface area contributed by atoms with Crippen molar-refractivity contribution in [2.45, 2.75) is 85.2 Å². The Morgan fingerprint density at radius 3 is 2.30 bits per heavy atom. The van der Waals surface area contributed by atoms with E-state index in [9.17, 15) is 14.4 Å². The van der Waals surface area contributed by atoms with Gasteiger partial charge in [-0.3, -0.25) is 14.5 Å². The van der Waals surface area contributed by atoms with Crippen LogP contribution >= 0.6 is 11.8 Å². The Labute approximate surface area is 205 Å². The van der Waals surface area contributed by atoms with Crippen molar-refractivity contribution in [3.8, 4) is 0 Å². The van der Waals surface area contributed by atoms with Crippen LogP contribution in [0.5, 0.6) is 0 Å². The highest BCUT2D eigenvalue weighted by Crippen LogP contribution is 2.35. The maximum atomic E-state index is 13.7. The minimum Gasteiger partial charge on any atom is -0.463 e. The van der Waals surface area contributed by atoms with Gasteiger partial charge < -0.3 is 15.0 Å². The summed E-state index contributed by atoms with van der Waals surface area (Å²) in [6, 6.07) is -1.34. The Balaban J connectivity index is 3.21. The second-order valence-corrected chi connectivity index (χ2v) is 12.6. The zero-order valence-electron chi connectivity index (χ0n) is 22.4. The van der Waals surface area contributed by atoms with Gasteiger partial charge in [-0.15, -0.1) is 0 Å². The third-order valence-corrected chi connectivity index (χ3v) is 7.52. The number of amides is 2. The number of carbonyl (C=O) groups is 3. The molecule has 0 bridgehead atoms. The molecule has 1 heterocycles. The topological polar surface area (TPSA) is 79.0 Å². The predicted molar refractivity (Wildman–Crippen MR) is 136 cm³/mol. The zero-order chi connectivity index (χ0) is 25.7. The fourth-order valence-corrected chi connectivity index (χ4v) is 5.60. The lowest BCUT2D eigenvalue weighted by Crippen LogP contribution is -2.63. The molecule has 0 aromatic heterocycles. The summed E-state index contributed by atoms with van der Waals surface area (Å²) in [7, 11) is 3.70. The number of ether oxygens (including phenoxy) is 1. The third kappa shape index (κ3) is 7.74. The van der Waals surface area contributed by atoms with Crippen molar-refractivity contribution in [1.82, 2.24) is 15.1 Å². The van der Waals surface area contributed by atoms with Crippen LogP contribution in [-0.2, 0) is 19.1 Å². The fraction of sp³-hybridized carbons (Fsp3) is 0.800. The molecule has 0 spiro atoms. The van der Waals surface area contributed by atoms with Gasteiger partial charge in [0.25, 0.3) is 0 Å². The lowest BCUT2D eigenvalue weighted by molar-refractivity contribution is -0.141. The smallest absolute Gasteiger partial charge is 0.333 e. The van der Waals surface area contributed by atoms with Crippen LogP contribution in [0, 0.1) is 11.3 Å². The number of nitrogens with one attached hydrogen (secondary N) is 1. The molecule has 0 radical (unpaired) electrons. The number of rotatable bonds is 8. The van der Waals surface area contributed by atoms with Gasteiger partial charge in [-0.2, -0.15) is 11.8 Å². The molecule has 1 N–H and O–H groups in total. The molecule has 190 valence electrons. The van der Waals surface area contributed by atoms with Crippen LogP contribution in [-0.4, -0.2) is 83.5 Å². The van der Waals surface area contributed by atoms with E-state index in [1.807, 2.05) is 41.7 Å². The predicted octanol–water partition coefficient (Wildman–Crippen LogP) is 3.34. The van der Waals surface area contributed by atoms with Crippen molar-refractivity contribution in [1.29, 1.82) is 0 Å². The first-order chi connectivity index (χ1) is 15.0. The van der Waals surface area contributed by atoms with Crippen LogP contribution in [0.2, 0.25) is 0 Å². The summed E-state index contributed by atoms with van der Waals surface area (Å²) in [6.45, 7) is 18.6. The number of likely N-dealkylation sites (N-methyl/N-ethyl adjacent to an activating group) is 2. The lowest BCUT2D eigenvalue weighted by Gasteiger charge is -2.44. The minimum atomic E-state index is -0.705. The molecule has 1 fully saturated rings. The van der Waals surface area contributed by atoms with Crippen molar-refractivity contribution in [2.24, 2.45) is 11.3 Å². The molecule has 1 rings (SSSR count). The number of thioether (sulfide) groups is 1. The van der Waals surface area contributed by atoms with E-state index in [4.69, 9.17) is 4.74 Å². The summed E-state index contributed by atoms with van der Waals surface area (Å²) in [6.07, 6.45) is 1.79. The SMILES string of the molecule is CCOC(=O)C(C)=CC(C(C)C)N(C)C(=O)[C@@H](NC(=O)C1N(C)CCSC1(C)C)C(C)(C)C. The molecule has 3 atom stereocenters. The van der Waals surface area contributed by atoms with E-state index in [1.54, 1.807) is 43.6 Å². The quantitative estimate of drug-likeness (QED) is 0.421. The molecule has 1 aliphatic heterocycles. The van der Waals surface area contributed by atoms with E-state index in [1.165, 1.54) is 0 Å². The van der Waals surface area contributed by atoms with Crippen molar-refractivity contribution in [2.75, 3.05) is 33.0 Å². The Morgan fingerprint density at radius 1 is 1.27 bits per heavy atom. The largest absolute Gasteiger partial charge is 0.463 e. The van der Waals surface area contributed by atoms with Gasteiger partial charge in [0.15, 0.2) is 0 Å². The number of hydrogen-bond donors (Lipinski definition) is 1. The molecule has 0 aromatic carbocycles. The summed E-state index contributed by atoms with van der Waals surface area (Å²) in [5.41, 5.74) is -0.0263. The van der Waals surface area contributed by atoms with Gasteiger partial charge in [-0.1, -0.05) is 40.7 Å². The molecule has 8 heteroatoms. The van der Waals surface area contributed by atoms with Gasteiger partial charge in [0.1, 0.15) is 12.1 Å². The van der Waals surface area contributed by atoms with Crippen LogP contribution in [0.4, 0.5) is 0 Å². The monoisotopic (exact) mass is 483 g/mol. The number of nitrogens with zero attached hydrogens (tertiary/aromatic N) is 2. The molecule has 0 aromatic rings. The molecule has 33 heavy (non-hydrogen) atoms. The second kappa shape index (κ2) is 11.7. The first-order valence-corrected chi connectivity index (χ1v) is 12.8. The van der Waals surface area contributed by atoms with Crippen LogP contribution in [0.3, 0.4) is 0 Å². The summed E-state index contributed by atoms with van der Waals surface area (Å²) in [5.74, 6) is 0.353. The van der Waals surface area contributed by atoms with Crippen molar-refractivity contribution in [3.63, 3.8) is 0 Å². The van der Waals surface area contributed by atoms with Crippen LogP contribution in [0.1, 0.15) is 62.3 Å². The molecule has 0 aliphatic carbocycles. The average Bonchev–Trinajstić information content (AvgIpc) is 2.67. The standard InChI is InChI=1S/C25H45N3O4S/c1-12-32-23(31)17(4)15-18(16(2)3)28(11)22(30)19(24(5,6)7)26-21(29)20-25(8,9)33-14-13-27(20)10/h15-16,18-20H,12-14H2,1-11H3,(H,26,29)/t18?,19-,20?/m1/s1. The minimum absolute atomic E-state index is 0.0689. The van der Waals surface area contributed by atoms with Crippen molar-refractivity contribution in [3.05, 3.63) is 11.6 Å². The van der Waals surface area contributed by atoms with Crippen LogP contribution in [0.25, 0.3) is 0 Å². The van der Waals surface area contributed by atoms with E-state index < -0.39 is 11.5 Å². The van der Waals surface area contributed by atoms with Gasteiger partial charge in [-0.05, 0) is 46.1 Å².